The maximum Gasteiger partial charge on any atom is 0.269 e. The summed E-state index contributed by atoms with van der Waals surface area (Å²) in [6.45, 7) is 7.70. The van der Waals surface area contributed by atoms with Gasteiger partial charge >= 0.3 is 0 Å². The Kier molecular flexibility index (Phi) is 5.04. The average Bonchev–Trinajstić information content (AvgIpc) is 3.18. The van der Waals surface area contributed by atoms with Gasteiger partial charge in [0.2, 0.25) is 0 Å². The van der Waals surface area contributed by atoms with E-state index in [4.69, 9.17) is 0 Å². The van der Waals surface area contributed by atoms with Gasteiger partial charge in [-0.25, -0.2) is 9.67 Å². The van der Waals surface area contributed by atoms with Gasteiger partial charge in [-0.05, 0) is 26.0 Å². The Hall–Kier alpha value is -3.07. The van der Waals surface area contributed by atoms with Crippen molar-refractivity contribution in [2.45, 2.75) is 33.6 Å². The van der Waals surface area contributed by atoms with Crippen LogP contribution in [-0.2, 0) is 0 Å². The number of hydrogen-bond donors (Lipinski definition) is 1. The van der Waals surface area contributed by atoms with Crippen LogP contribution >= 0.6 is 11.3 Å². The number of carbonyl (C=O) groups excluding carboxylic acids is 1. The molecule has 0 aliphatic rings. The third kappa shape index (κ3) is 3.87. The van der Waals surface area contributed by atoms with E-state index in [0.717, 1.165) is 5.01 Å². The summed E-state index contributed by atoms with van der Waals surface area (Å²) < 4.78 is 1.55. The number of aryl methyl sites for hydroxylation is 2. The monoisotopic (exact) mass is 385 g/mol. The van der Waals surface area contributed by atoms with Crippen LogP contribution in [0.5, 0.6) is 0 Å². The van der Waals surface area contributed by atoms with Crippen LogP contribution in [0.2, 0.25) is 0 Å². The third-order valence-corrected chi connectivity index (χ3v) is 5.35. The highest BCUT2D eigenvalue weighted by atomic mass is 32.1. The molecule has 2 aromatic heterocycles. The van der Waals surface area contributed by atoms with E-state index in [9.17, 15) is 14.9 Å². The summed E-state index contributed by atoms with van der Waals surface area (Å²) in [7, 11) is 0. The molecule has 0 radical (unpaired) electrons. The van der Waals surface area contributed by atoms with Gasteiger partial charge in [0.25, 0.3) is 11.6 Å². The zero-order valence-electron chi connectivity index (χ0n) is 15.4. The number of nitrogens with zero attached hydrogens (tertiary/aromatic N) is 4. The summed E-state index contributed by atoms with van der Waals surface area (Å²) in [5, 5.41) is 19.0. The minimum atomic E-state index is -0.459. The lowest BCUT2D eigenvalue weighted by atomic mass is 10.2. The molecule has 0 aliphatic heterocycles. The highest BCUT2D eigenvalue weighted by Crippen LogP contribution is 2.26. The van der Waals surface area contributed by atoms with Crippen molar-refractivity contribution in [2.24, 2.45) is 0 Å². The van der Waals surface area contributed by atoms with E-state index in [1.165, 1.54) is 23.5 Å². The van der Waals surface area contributed by atoms with E-state index >= 15 is 0 Å². The predicted octanol–water partition coefficient (Wildman–Crippen LogP) is 4.23. The van der Waals surface area contributed by atoms with Crippen LogP contribution in [0.25, 0.3) is 5.69 Å². The Bertz CT molecular complexity index is 1000. The first-order valence-electron chi connectivity index (χ1n) is 8.36. The van der Waals surface area contributed by atoms with E-state index in [-0.39, 0.29) is 17.5 Å². The van der Waals surface area contributed by atoms with Crippen molar-refractivity contribution < 1.29 is 9.72 Å². The van der Waals surface area contributed by atoms with Crippen molar-refractivity contribution >= 4 is 28.7 Å². The first-order chi connectivity index (χ1) is 12.8. The number of rotatable bonds is 5. The van der Waals surface area contributed by atoms with Gasteiger partial charge in [-0.3, -0.25) is 14.9 Å². The zero-order chi connectivity index (χ0) is 19.7. The summed E-state index contributed by atoms with van der Waals surface area (Å²) in [4.78, 5) is 28.1. The second-order valence-electron chi connectivity index (χ2n) is 6.43. The Morgan fingerprint density at radius 2 is 1.93 bits per heavy atom. The van der Waals surface area contributed by atoms with Crippen molar-refractivity contribution in [1.82, 2.24) is 14.8 Å². The van der Waals surface area contributed by atoms with Crippen LogP contribution in [0.15, 0.2) is 30.3 Å². The molecule has 0 atom stereocenters. The molecule has 0 spiro atoms. The normalized spacial score (nSPS) is 11.0. The standard InChI is InChI=1S/C18H19N5O3S/c1-10(2)18-19-12(4)16(27-18)17(24)20-15-9-11(3)21-22(15)13-5-7-14(8-6-13)23(25)26/h5-10H,1-4H3,(H,20,24). The van der Waals surface area contributed by atoms with E-state index in [0.29, 0.717) is 27.8 Å². The second-order valence-corrected chi connectivity index (χ2v) is 7.46. The van der Waals surface area contributed by atoms with Gasteiger partial charge in [0, 0.05) is 24.1 Å². The molecule has 3 aromatic rings. The van der Waals surface area contributed by atoms with Crippen LogP contribution < -0.4 is 5.32 Å². The largest absolute Gasteiger partial charge is 0.306 e. The number of benzene rings is 1. The molecule has 1 N–H and O–H groups in total. The molecule has 8 nitrogen and oxygen atoms in total. The first-order valence-corrected chi connectivity index (χ1v) is 9.18. The molecule has 27 heavy (non-hydrogen) atoms. The lowest BCUT2D eigenvalue weighted by Crippen LogP contribution is -2.15. The SMILES string of the molecule is Cc1cc(NC(=O)c2sc(C(C)C)nc2C)n(-c2ccc([N+](=O)[O-])cc2)n1. The number of carbonyl (C=O) groups is 1. The van der Waals surface area contributed by atoms with Crippen LogP contribution in [0.1, 0.15) is 45.8 Å². The molecule has 0 unspecified atom stereocenters. The van der Waals surface area contributed by atoms with Gasteiger partial charge in [0.15, 0.2) is 0 Å². The maximum absolute atomic E-state index is 12.7. The molecule has 1 amide bonds. The van der Waals surface area contributed by atoms with Gasteiger partial charge in [-0.2, -0.15) is 5.10 Å². The summed E-state index contributed by atoms with van der Waals surface area (Å²) in [5.74, 6) is 0.494. The number of anilines is 1. The topological polar surface area (TPSA) is 103 Å². The molecule has 0 fully saturated rings. The highest BCUT2D eigenvalue weighted by molar-refractivity contribution is 7.14. The third-order valence-electron chi connectivity index (χ3n) is 3.89. The molecule has 9 heteroatoms. The molecular formula is C18H19N5O3S. The highest BCUT2D eigenvalue weighted by Gasteiger charge is 2.19. The van der Waals surface area contributed by atoms with E-state index in [1.807, 2.05) is 27.7 Å². The number of aromatic nitrogens is 3. The number of nitro groups is 1. The van der Waals surface area contributed by atoms with Crippen molar-refractivity contribution in [3.8, 4) is 5.69 Å². The molecule has 0 saturated heterocycles. The van der Waals surface area contributed by atoms with E-state index in [2.05, 4.69) is 15.4 Å². The van der Waals surface area contributed by atoms with Crippen molar-refractivity contribution in [1.29, 1.82) is 0 Å². The zero-order valence-corrected chi connectivity index (χ0v) is 16.2. The molecule has 3 rings (SSSR count). The summed E-state index contributed by atoms with van der Waals surface area (Å²) in [6.07, 6.45) is 0. The fourth-order valence-electron chi connectivity index (χ4n) is 2.55. The summed E-state index contributed by atoms with van der Waals surface area (Å²) in [6, 6.07) is 7.74. The number of amides is 1. The number of hydrogen-bond acceptors (Lipinski definition) is 6. The Balaban J connectivity index is 1.90. The molecule has 2 heterocycles. The average molecular weight is 385 g/mol. The van der Waals surface area contributed by atoms with Gasteiger partial charge in [0.1, 0.15) is 10.7 Å². The predicted molar refractivity (Wildman–Crippen MR) is 104 cm³/mol. The van der Waals surface area contributed by atoms with Crippen LogP contribution in [0.3, 0.4) is 0 Å². The van der Waals surface area contributed by atoms with Gasteiger partial charge in [-0.1, -0.05) is 13.8 Å². The van der Waals surface area contributed by atoms with Gasteiger partial charge < -0.3 is 5.32 Å². The van der Waals surface area contributed by atoms with Crippen molar-refractivity contribution in [3.05, 3.63) is 61.7 Å². The summed E-state index contributed by atoms with van der Waals surface area (Å²) >= 11 is 1.38. The molecule has 1 aromatic carbocycles. The first kappa shape index (κ1) is 18.7. The summed E-state index contributed by atoms with van der Waals surface area (Å²) in [5.41, 5.74) is 2.02. The van der Waals surface area contributed by atoms with Crippen LogP contribution in [0, 0.1) is 24.0 Å². The maximum atomic E-state index is 12.7. The van der Waals surface area contributed by atoms with Crippen molar-refractivity contribution in [3.63, 3.8) is 0 Å². The number of nitrogens with one attached hydrogen (secondary N) is 1. The number of nitro benzene ring substituents is 1. The fraction of sp³-hybridized carbons (Fsp3) is 0.278. The Morgan fingerprint density at radius 1 is 1.26 bits per heavy atom. The van der Waals surface area contributed by atoms with Crippen molar-refractivity contribution in [2.75, 3.05) is 5.32 Å². The molecule has 140 valence electrons. The number of non-ortho nitro benzene ring substituents is 1. The molecule has 0 saturated carbocycles. The van der Waals surface area contributed by atoms with E-state index < -0.39 is 4.92 Å². The van der Waals surface area contributed by atoms with E-state index in [1.54, 1.807) is 22.9 Å². The van der Waals surface area contributed by atoms with Gasteiger partial charge in [-0.15, -0.1) is 11.3 Å². The number of thiazole rings is 1. The molecule has 0 aliphatic carbocycles. The Labute approximate surface area is 160 Å². The minimum absolute atomic E-state index is 0.00490. The fourth-order valence-corrected chi connectivity index (χ4v) is 3.51. The van der Waals surface area contributed by atoms with Crippen LogP contribution in [0.4, 0.5) is 11.5 Å². The second kappa shape index (κ2) is 7.28. The Morgan fingerprint density at radius 3 is 2.48 bits per heavy atom. The molecule has 0 bridgehead atoms. The van der Waals surface area contributed by atoms with Crippen LogP contribution in [-0.4, -0.2) is 25.6 Å². The lowest BCUT2D eigenvalue weighted by Gasteiger charge is -2.08. The smallest absolute Gasteiger partial charge is 0.269 e. The quantitative estimate of drug-likeness (QED) is 0.523. The molecular weight excluding hydrogens is 366 g/mol. The lowest BCUT2D eigenvalue weighted by molar-refractivity contribution is -0.384. The minimum Gasteiger partial charge on any atom is -0.306 e. The van der Waals surface area contributed by atoms with Gasteiger partial charge in [0.05, 0.1) is 27.0 Å².